The molecule has 0 aliphatic carbocycles. The lowest BCUT2D eigenvalue weighted by molar-refractivity contribution is 0.389. The molecular weight excluding hydrogens is 232 g/mol. The van der Waals surface area contributed by atoms with E-state index in [-0.39, 0.29) is 0 Å². The van der Waals surface area contributed by atoms with Gasteiger partial charge in [0.25, 0.3) is 0 Å². The maximum atomic E-state index is 5.60. The number of hydrogen-bond acceptors (Lipinski definition) is 5. The molecule has 1 aromatic rings. The number of anilines is 1. The number of nitrogens with two attached hydrogens (primary N) is 1. The molecule has 0 amide bonds. The van der Waals surface area contributed by atoms with Crippen molar-refractivity contribution in [2.24, 2.45) is 11.7 Å². The van der Waals surface area contributed by atoms with Crippen LogP contribution in [0.3, 0.4) is 0 Å². The van der Waals surface area contributed by atoms with E-state index in [2.05, 4.69) is 28.9 Å². The summed E-state index contributed by atoms with van der Waals surface area (Å²) in [4.78, 5) is 10.2. The number of rotatable bonds is 5. The standard InChI is InChI=1S/C12H22N4S/c1-15-5-3-10(9-15)4-6-16(2)12-14-8-11(7-13)17-12/h8,10H,3-7,9,13H2,1-2H3. The predicted octanol–water partition coefficient (Wildman–Crippen LogP) is 1.38. The maximum absolute atomic E-state index is 5.60. The van der Waals surface area contributed by atoms with E-state index in [1.807, 2.05) is 6.20 Å². The van der Waals surface area contributed by atoms with Crippen molar-refractivity contribution in [2.45, 2.75) is 19.4 Å². The Labute approximate surface area is 107 Å². The van der Waals surface area contributed by atoms with E-state index >= 15 is 0 Å². The molecule has 1 atom stereocenters. The predicted molar refractivity (Wildman–Crippen MR) is 73.5 cm³/mol. The fraction of sp³-hybridized carbons (Fsp3) is 0.750. The molecule has 1 aliphatic heterocycles. The van der Waals surface area contributed by atoms with E-state index in [1.54, 1.807) is 11.3 Å². The van der Waals surface area contributed by atoms with Crippen LogP contribution in [-0.4, -0.2) is 43.6 Å². The van der Waals surface area contributed by atoms with Crippen LogP contribution in [0.2, 0.25) is 0 Å². The summed E-state index contributed by atoms with van der Waals surface area (Å²) in [5.74, 6) is 0.858. The summed E-state index contributed by atoms with van der Waals surface area (Å²) in [6, 6.07) is 0. The molecular formula is C12H22N4S. The van der Waals surface area contributed by atoms with Gasteiger partial charge in [0, 0.05) is 37.8 Å². The lowest BCUT2D eigenvalue weighted by atomic mass is 10.1. The van der Waals surface area contributed by atoms with Gasteiger partial charge in [0.05, 0.1) is 0 Å². The number of aromatic nitrogens is 1. The smallest absolute Gasteiger partial charge is 0.185 e. The SMILES string of the molecule is CN1CCC(CCN(C)c2ncc(CN)s2)C1. The van der Waals surface area contributed by atoms with E-state index in [0.29, 0.717) is 6.54 Å². The topological polar surface area (TPSA) is 45.4 Å². The van der Waals surface area contributed by atoms with Gasteiger partial charge in [-0.25, -0.2) is 4.98 Å². The lowest BCUT2D eigenvalue weighted by Gasteiger charge is -2.18. The quantitative estimate of drug-likeness (QED) is 0.862. The van der Waals surface area contributed by atoms with Gasteiger partial charge in [-0.05, 0) is 32.4 Å². The minimum Gasteiger partial charge on any atom is -0.351 e. The number of hydrogen-bond donors (Lipinski definition) is 1. The van der Waals surface area contributed by atoms with Gasteiger partial charge < -0.3 is 15.5 Å². The van der Waals surface area contributed by atoms with Crippen LogP contribution in [0.1, 0.15) is 17.7 Å². The minimum atomic E-state index is 0.596. The Bertz CT molecular complexity index is 352. The van der Waals surface area contributed by atoms with Gasteiger partial charge in [-0.15, -0.1) is 11.3 Å². The summed E-state index contributed by atoms with van der Waals surface area (Å²) < 4.78 is 0. The molecule has 0 aromatic carbocycles. The molecule has 0 radical (unpaired) electrons. The molecule has 2 N–H and O–H groups in total. The molecule has 2 heterocycles. The summed E-state index contributed by atoms with van der Waals surface area (Å²) in [5, 5.41) is 1.09. The van der Waals surface area contributed by atoms with Crippen LogP contribution in [0, 0.1) is 5.92 Å². The summed E-state index contributed by atoms with van der Waals surface area (Å²) in [5.41, 5.74) is 5.60. The number of thiazole rings is 1. The zero-order valence-electron chi connectivity index (χ0n) is 10.7. The van der Waals surface area contributed by atoms with Crippen LogP contribution in [0.4, 0.5) is 5.13 Å². The Morgan fingerprint density at radius 3 is 3.06 bits per heavy atom. The molecule has 17 heavy (non-hydrogen) atoms. The summed E-state index contributed by atoms with van der Waals surface area (Å²) >= 11 is 1.70. The second kappa shape index (κ2) is 5.80. The van der Waals surface area contributed by atoms with Gasteiger partial charge in [0.2, 0.25) is 0 Å². The maximum Gasteiger partial charge on any atom is 0.185 e. The largest absolute Gasteiger partial charge is 0.351 e. The zero-order chi connectivity index (χ0) is 12.3. The van der Waals surface area contributed by atoms with Gasteiger partial charge in [0.1, 0.15) is 0 Å². The first kappa shape index (κ1) is 12.8. The average Bonchev–Trinajstić information content (AvgIpc) is 2.94. The third kappa shape index (κ3) is 3.40. The van der Waals surface area contributed by atoms with E-state index < -0.39 is 0 Å². The Morgan fingerprint density at radius 1 is 1.65 bits per heavy atom. The molecule has 0 saturated carbocycles. The Kier molecular flexibility index (Phi) is 4.36. The second-order valence-corrected chi connectivity index (χ2v) is 6.03. The van der Waals surface area contributed by atoms with Gasteiger partial charge in [0.15, 0.2) is 5.13 Å². The Hall–Kier alpha value is -0.650. The fourth-order valence-electron chi connectivity index (χ4n) is 2.30. The van der Waals surface area contributed by atoms with Crippen LogP contribution in [0.15, 0.2) is 6.20 Å². The minimum absolute atomic E-state index is 0.596. The van der Waals surface area contributed by atoms with Crippen LogP contribution < -0.4 is 10.6 Å². The highest BCUT2D eigenvalue weighted by molar-refractivity contribution is 7.15. The monoisotopic (exact) mass is 254 g/mol. The van der Waals surface area contributed by atoms with E-state index in [0.717, 1.165) is 22.5 Å². The third-order valence-corrected chi connectivity index (χ3v) is 4.56. The Balaban J connectivity index is 1.78. The summed E-state index contributed by atoms with van der Waals surface area (Å²) in [6.07, 6.45) is 4.49. The molecule has 1 aliphatic rings. The molecule has 4 nitrogen and oxygen atoms in total. The molecule has 1 fully saturated rings. The highest BCUT2D eigenvalue weighted by Crippen LogP contribution is 2.23. The van der Waals surface area contributed by atoms with Gasteiger partial charge in [-0.3, -0.25) is 0 Å². The van der Waals surface area contributed by atoms with Crippen molar-refractivity contribution in [1.29, 1.82) is 0 Å². The number of likely N-dealkylation sites (tertiary alicyclic amines) is 1. The molecule has 0 bridgehead atoms. The summed E-state index contributed by atoms with van der Waals surface area (Å²) in [6.45, 7) is 4.19. The van der Waals surface area contributed by atoms with Gasteiger partial charge >= 0.3 is 0 Å². The summed E-state index contributed by atoms with van der Waals surface area (Å²) in [7, 11) is 4.33. The van der Waals surface area contributed by atoms with Crippen molar-refractivity contribution in [3.05, 3.63) is 11.1 Å². The first-order valence-corrected chi connectivity index (χ1v) is 7.05. The first-order valence-electron chi connectivity index (χ1n) is 6.23. The van der Waals surface area contributed by atoms with E-state index in [4.69, 9.17) is 5.73 Å². The van der Waals surface area contributed by atoms with Gasteiger partial charge in [-0.2, -0.15) is 0 Å². The van der Waals surface area contributed by atoms with Crippen molar-refractivity contribution in [3.8, 4) is 0 Å². The molecule has 5 heteroatoms. The van der Waals surface area contributed by atoms with Crippen molar-refractivity contribution in [3.63, 3.8) is 0 Å². The second-order valence-electron chi connectivity index (χ2n) is 4.94. The highest BCUT2D eigenvalue weighted by atomic mass is 32.1. The normalized spacial score (nSPS) is 21.0. The van der Waals surface area contributed by atoms with Crippen molar-refractivity contribution < 1.29 is 0 Å². The number of nitrogens with zero attached hydrogens (tertiary/aromatic N) is 3. The average molecular weight is 254 g/mol. The van der Waals surface area contributed by atoms with Crippen LogP contribution in [-0.2, 0) is 6.54 Å². The van der Waals surface area contributed by atoms with Crippen molar-refractivity contribution in [2.75, 3.05) is 38.6 Å². The van der Waals surface area contributed by atoms with Crippen molar-refractivity contribution >= 4 is 16.5 Å². The van der Waals surface area contributed by atoms with Gasteiger partial charge in [-0.1, -0.05) is 0 Å². The molecule has 1 aromatic heterocycles. The molecule has 0 spiro atoms. The molecule has 96 valence electrons. The van der Waals surface area contributed by atoms with Crippen LogP contribution in [0.25, 0.3) is 0 Å². The highest BCUT2D eigenvalue weighted by Gasteiger charge is 2.19. The van der Waals surface area contributed by atoms with Crippen LogP contribution in [0.5, 0.6) is 0 Å². The molecule has 2 rings (SSSR count). The zero-order valence-corrected chi connectivity index (χ0v) is 11.5. The Morgan fingerprint density at radius 2 is 2.47 bits per heavy atom. The van der Waals surface area contributed by atoms with E-state index in [9.17, 15) is 0 Å². The molecule has 1 unspecified atom stereocenters. The van der Waals surface area contributed by atoms with Crippen molar-refractivity contribution in [1.82, 2.24) is 9.88 Å². The first-order chi connectivity index (χ1) is 8.19. The third-order valence-electron chi connectivity index (χ3n) is 3.43. The lowest BCUT2D eigenvalue weighted by Crippen LogP contribution is -2.22. The molecule has 1 saturated heterocycles. The van der Waals surface area contributed by atoms with Crippen LogP contribution >= 0.6 is 11.3 Å². The fourth-order valence-corrected chi connectivity index (χ4v) is 3.08. The van der Waals surface area contributed by atoms with E-state index in [1.165, 1.54) is 25.9 Å².